The molecule has 1 N–H and O–H groups in total. The first-order chi connectivity index (χ1) is 9.47. The maximum Gasteiger partial charge on any atom is 0.260 e. The van der Waals surface area contributed by atoms with Gasteiger partial charge in [0.2, 0.25) is 0 Å². The van der Waals surface area contributed by atoms with Gasteiger partial charge in [0.25, 0.3) is 10.0 Å². The molecule has 0 bridgehead atoms. The number of imidazole rings is 1. The van der Waals surface area contributed by atoms with E-state index in [1.165, 1.54) is 15.7 Å². The largest absolute Gasteiger partial charge is 0.465 e. The summed E-state index contributed by atoms with van der Waals surface area (Å²) in [7, 11) is -3.77. The van der Waals surface area contributed by atoms with E-state index in [9.17, 15) is 8.42 Å². The lowest BCUT2D eigenvalue weighted by molar-refractivity contribution is 0.475. The third kappa shape index (κ3) is 2.35. The number of sulfonamides is 1. The van der Waals surface area contributed by atoms with Gasteiger partial charge in [-0.05, 0) is 19.1 Å². The fourth-order valence-electron chi connectivity index (χ4n) is 1.79. The lowest BCUT2D eigenvalue weighted by Crippen LogP contribution is -2.24. The third-order valence-corrected chi connectivity index (χ3v) is 5.22. The zero-order chi connectivity index (χ0) is 14.3. The average molecular weight is 332 g/mol. The highest BCUT2D eigenvalue weighted by atomic mass is 35.5. The van der Waals surface area contributed by atoms with Crippen molar-refractivity contribution in [3.63, 3.8) is 0 Å². The van der Waals surface area contributed by atoms with Crippen LogP contribution in [0.25, 0.3) is 4.96 Å². The Bertz CT molecular complexity index is 863. The Morgan fingerprint density at radius 2 is 2.30 bits per heavy atom. The summed E-state index contributed by atoms with van der Waals surface area (Å²) in [6, 6.07) is 3.49. The predicted molar refractivity (Wildman–Crippen MR) is 75.5 cm³/mol. The van der Waals surface area contributed by atoms with Gasteiger partial charge in [0.05, 0.1) is 6.54 Å². The maximum atomic E-state index is 12.3. The van der Waals surface area contributed by atoms with Crippen molar-refractivity contribution in [3.8, 4) is 0 Å². The highest BCUT2D eigenvalue weighted by Gasteiger charge is 2.25. The summed E-state index contributed by atoms with van der Waals surface area (Å²) >= 11 is 7.22. The van der Waals surface area contributed by atoms with Crippen molar-refractivity contribution < 1.29 is 12.8 Å². The van der Waals surface area contributed by atoms with Gasteiger partial charge in [-0.15, -0.1) is 11.3 Å². The maximum absolute atomic E-state index is 12.3. The van der Waals surface area contributed by atoms with Gasteiger partial charge in [-0.1, -0.05) is 11.6 Å². The summed E-state index contributed by atoms with van der Waals surface area (Å²) in [6.07, 6.45) is 1.62. The van der Waals surface area contributed by atoms with Crippen molar-refractivity contribution in [1.82, 2.24) is 14.1 Å². The van der Waals surface area contributed by atoms with Gasteiger partial charge in [-0.2, -0.15) is 0 Å². The summed E-state index contributed by atoms with van der Waals surface area (Å²) < 4.78 is 33.8. The average Bonchev–Trinajstić information content (AvgIpc) is 3.02. The van der Waals surface area contributed by atoms with E-state index >= 15 is 0 Å². The molecule has 0 spiro atoms. The van der Waals surface area contributed by atoms with Gasteiger partial charge in [-0.25, -0.2) is 18.1 Å². The zero-order valence-electron chi connectivity index (χ0n) is 10.3. The number of hydrogen-bond acceptors (Lipinski definition) is 5. The van der Waals surface area contributed by atoms with Crippen molar-refractivity contribution in [2.24, 2.45) is 0 Å². The van der Waals surface area contributed by atoms with Crippen LogP contribution in [0.15, 0.2) is 33.2 Å². The number of aromatic nitrogens is 2. The van der Waals surface area contributed by atoms with Gasteiger partial charge in [-0.3, -0.25) is 4.40 Å². The minimum absolute atomic E-state index is 0.0417. The molecule has 0 aliphatic heterocycles. The summed E-state index contributed by atoms with van der Waals surface area (Å²) in [5.74, 6) is 1.26. The number of hydrogen-bond donors (Lipinski definition) is 1. The molecule has 3 aromatic rings. The first kappa shape index (κ1) is 13.6. The van der Waals surface area contributed by atoms with E-state index in [0.29, 0.717) is 10.7 Å². The molecule has 106 valence electrons. The molecule has 3 heterocycles. The van der Waals surface area contributed by atoms with Crippen LogP contribution in [-0.4, -0.2) is 17.8 Å². The molecule has 0 fully saturated rings. The Morgan fingerprint density at radius 1 is 1.50 bits per heavy atom. The van der Waals surface area contributed by atoms with Gasteiger partial charge >= 0.3 is 0 Å². The minimum Gasteiger partial charge on any atom is -0.465 e. The van der Waals surface area contributed by atoms with Crippen LogP contribution in [0.1, 0.15) is 11.5 Å². The van der Waals surface area contributed by atoms with Crippen LogP contribution in [0.4, 0.5) is 0 Å². The number of nitrogens with one attached hydrogen (secondary N) is 1. The summed E-state index contributed by atoms with van der Waals surface area (Å²) in [6.45, 7) is 1.85. The van der Waals surface area contributed by atoms with E-state index in [-0.39, 0.29) is 16.7 Å². The molecule has 20 heavy (non-hydrogen) atoms. The zero-order valence-corrected chi connectivity index (χ0v) is 12.7. The smallest absolute Gasteiger partial charge is 0.260 e. The van der Waals surface area contributed by atoms with Crippen LogP contribution in [0, 0.1) is 6.92 Å². The third-order valence-electron chi connectivity index (χ3n) is 2.67. The van der Waals surface area contributed by atoms with Gasteiger partial charge in [0, 0.05) is 11.6 Å². The second-order valence-corrected chi connectivity index (χ2v) is 7.01. The normalized spacial score (nSPS) is 12.3. The van der Waals surface area contributed by atoms with E-state index in [4.69, 9.17) is 16.0 Å². The van der Waals surface area contributed by atoms with Crippen molar-refractivity contribution in [2.75, 3.05) is 0 Å². The molecule has 0 radical (unpaired) electrons. The molecule has 6 nitrogen and oxygen atoms in total. The molecule has 0 aromatic carbocycles. The van der Waals surface area contributed by atoms with Crippen LogP contribution < -0.4 is 4.72 Å². The number of fused-ring (bicyclic) bond motifs is 1. The van der Waals surface area contributed by atoms with Crippen LogP contribution in [0.5, 0.6) is 0 Å². The van der Waals surface area contributed by atoms with E-state index in [1.807, 2.05) is 0 Å². The Morgan fingerprint density at radius 3 is 3.00 bits per heavy atom. The van der Waals surface area contributed by atoms with Crippen molar-refractivity contribution in [1.29, 1.82) is 0 Å². The second kappa shape index (κ2) is 4.88. The number of thiazole rings is 1. The standard InChI is InChI=1S/C11H10ClN3O3S2/c1-7-2-3-8(18-7)6-13-20(16,17)10-9(12)14-11-15(10)4-5-19-11/h2-5,13H,6H2,1H3. The molecule has 0 aliphatic carbocycles. The van der Waals surface area contributed by atoms with Gasteiger partial charge < -0.3 is 4.42 Å². The molecule has 0 amide bonds. The number of halogens is 1. The van der Waals surface area contributed by atoms with Crippen LogP contribution in [0.3, 0.4) is 0 Å². The predicted octanol–water partition coefficient (Wildman–Crippen LogP) is 2.43. The first-order valence-corrected chi connectivity index (χ1v) is 8.37. The Hall–Kier alpha value is -1.35. The SMILES string of the molecule is Cc1ccc(CNS(=O)(=O)c2c(Cl)nc3sccn23)o1. The quantitative estimate of drug-likeness (QED) is 0.796. The molecule has 3 aromatic heterocycles. The fourth-order valence-corrected chi connectivity index (χ4v) is 4.23. The molecular weight excluding hydrogens is 322 g/mol. The lowest BCUT2D eigenvalue weighted by atomic mass is 10.4. The Labute approximate surface area is 124 Å². The van der Waals surface area contributed by atoms with Gasteiger partial charge in [0.1, 0.15) is 11.5 Å². The molecular formula is C11H10ClN3O3S2. The number of nitrogens with zero attached hydrogens (tertiary/aromatic N) is 2. The highest BCUT2D eigenvalue weighted by molar-refractivity contribution is 7.89. The summed E-state index contributed by atoms with van der Waals surface area (Å²) in [4.78, 5) is 4.53. The van der Waals surface area contributed by atoms with Crippen molar-refractivity contribution >= 4 is 37.9 Å². The second-order valence-electron chi connectivity index (χ2n) is 4.10. The summed E-state index contributed by atoms with van der Waals surface area (Å²) in [5.41, 5.74) is 0. The van der Waals surface area contributed by atoms with Crippen LogP contribution >= 0.6 is 22.9 Å². The molecule has 0 unspecified atom stereocenters. The van der Waals surface area contributed by atoms with E-state index in [1.54, 1.807) is 30.6 Å². The topological polar surface area (TPSA) is 76.6 Å². The number of furan rings is 1. The molecule has 0 saturated heterocycles. The first-order valence-electron chi connectivity index (χ1n) is 5.63. The van der Waals surface area contributed by atoms with E-state index < -0.39 is 10.0 Å². The number of rotatable bonds is 4. The molecule has 0 aliphatic rings. The van der Waals surface area contributed by atoms with E-state index in [0.717, 1.165) is 5.76 Å². The van der Waals surface area contributed by atoms with Crippen molar-refractivity contribution in [2.45, 2.75) is 18.5 Å². The molecule has 9 heteroatoms. The molecule has 0 saturated carbocycles. The summed E-state index contributed by atoms with van der Waals surface area (Å²) in [5, 5.41) is 1.65. The van der Waals surface area contributed by atoms with Crippen molar-refractivity contribution in [3.05, 3.63) is 40.4 Å². The monoisotopic (exact) mass is 331 g/mol. The van der Waals surface area contributed by atoms with Crippen LogP contribution in [0.2, 0.25) is 5.15 Å². The van der Waals surface area contributed by atoms with Crippen LogP contribution in [-0.2, 0) is 16.6 Å². The lowest BCUT2D eigenvalue weighted by Gasteiger charge is -2.04. The Balaban J connectivity index is 1.91. The minimum atomic E-state index is -3.77. The Kier molecular flexibility index (Phi) is 3.33. The molecule has 0 atom stereocenters. The highest BCUT2D eigenvalue weighted by Crippen LogP contribution is 2.25. The fraction of sp³-hybridized carbons (Fsp3) is 0.182. The molecule has 3 rings (SSSR count). The number of aryl methyl sites for hydroxylation is 1. The van der Waals surface area contributed by atoms with Gasteiger partial charge in [0.15, 0.2) is 15.1 Å². The van der Waals surface area contributed by atoms with E-state index in [2.05, 4.69) is 9.71 Å².